The minimum Gasteiger partial charge on any atom is -0.496 e. The molecule has 1 aliphatic rings. The Morgan fingerprint density at radius 3 is 3.14 bits per heavy atom. The predicted molar refractivity (Wildman–Crippen MR) is 82.3 cm³/mol. The first kappa shape index (κ1) is 15.0. The van der Waals surface area contributed by atoms with Crippen LogP contribution >= 0.6 is 0 Å². The summed E-state index contributed by atoms with van der Waals surface area (Å²) in [5, 5.41) is 0. The lowest BCUT2D eigenvalue weighted by atomic mass is 9.98. The minimum atomic E-state index is -0.307. The molecule has 22 heavy (non-hydrogen) atoms. The molecule has 0 aliphatic carbocycles. The van der Waals surface area contributed by atoms with Gasteiger partial charge in [0.1, 0.15) is 17.4 Å². The van der Waals surface area contributed by atoms with E-state index in [-0.39, 0.29) is 5.82 Å². The topological polar surface area (TPSA) is 36.3 Å². The number of imidazole rings is 1. The van der Waals surface area contributed by atoms with Crippen molar-refractivity contribution in [2.45, 2.75) is 25.8 Å². The molecule has 0 bridgehead atoms. The van der Waals surface area contributed by atoms with Gasteiger partial charge in [0, 0.05) is 38.2 Å². The van der Waals surface area contributed by atoms with Gasteiger partial charge in [0.15, 0.2) is 0 Å². The molecule has 1 unspecified atom stereocenters. The average Bonchev–Trinajstić information content (AvgIpc) is 3.02. The maximum Gasteiger partial charge on any atom is 0.143 e. The van der Waals surface area contributed by atoms with Crippen molar-refractivity contribution in [1.29, 1.82) is 0 Å². The van der Waals surface area contributed by atoms with E-state index in [9.17, 15) is 4.39 Å². The highest BCUT2D eigenvalue weighted by Crippen LogP contribution is 2.30. The van der Waals surface area contributed by atoms with Crippen LogP contribution < -0.4 is 4.74 Å². The molecular formula is C17H21FN2O2. The molecule has 0 saturated carbocycles. The summed E-state index contributed by atoms with van der Waals surface area (Å²) in [5.74, 6) is 1.62. The molecular weight excluding hydrogens is 283 g/mol. The summed E-state index contributed by atoms with van der Waals surface area (Å²) in [4.78, 5) is 4.42. The second kappa shape index (κ2) is 6.92. The molecule has 1 fully saturated rings. The number of hydrogen-bond donors (Lipinski definition) is 0. The molecule has 0 spiro atoms. The SMILES string of the molecule is COc1cc(F)ccc1-c1nccn1CCC1CCCOC1. The van der Waals surface area contributed by atoms with Crippen LogP contribution in [0.25, 0.3) is 11.4 Å². The van der Waals surface area contributed by atoms with E-state index in [1.807, 2.05) is 6.20 Å². The molecule has 1 aromatic carbocycles. The van der Waals surface area contributed by atoms with Crippen LogP contribution in [-0.2, 0) is 11.3 Å². The molecule has 1 aromatic heterocycles. The van der Waals surface area contributed by atoms with E-state index < -0.39 is 0 Å². The number of nitrogens with zero attached hydrogens (tertiary/aromatic N) is 2. The van der Waals surface area contributed by atoms with Crippen molar-refractivity contribution in [3.63, 3.8) is 0 Å². The van der Waals surface area contributed by atoms with Gasteiger partial charge in [-0.15, -0.1) is 0 Å². The van der Waals surface area contributed by atoms with Gasteiger partial charge >= 0.3 is 0 Å². The fourth-order valence-corrected chi connectivity index (χ4v) is 2.94. The lowest BCUT2D eigenvalue weighted by Crippen LogP contribution is -2.19. The average molecular weight is 304 g/mol. The molecule has 0 N–H and O–H groups in total. The van der Waals surface area contributed by atoms with Crippen molar-refractivity contribution in [1.82, 2.24) is 9.55 Å². The standard InChI is InChI=1S/C17H21FN2O2/c1-21-16-11-14(18)4-5-15(16)17-19-7-9-20(17)8-6-13-3-2-10-22-12-13/h4-5,7,9,11,13H,2-3,6,8,10,12H2,1H3. The van der Waals surface area contributed by atoms with Gasteiger partial charge in [-0.25, -0.2) is 9.37 Å². The van der Waals surface area contributed by atoms with Gasteiger partial charge in [-0.3, -0.25) is 0 Å². The Balaban J connectivity index is 1.77. The van der Waals surface area contributed by atoms with Crippen molar-refractivity contribution in [2.75, 3.05) is 20.3 Å². The normalized spacial score (nSPS) is 18.4. The number of ether oxygens (including phenoxy) is 2. The maximum absolute atomic E-state index is 13.3. The van der Waals surface area contributed by atoms with Gasteiger partial charge in [0.25, 0.3) is 0 Å². The molecule has 2 aromatic rings. The van der Waals surface area contributed by atoms with E-state index in [1.165, 1.54) is 18.6 Å². The highest BCUT2D eigenvalue weighted by Gasteiger charge is 2.16. The summed E-state index contributed by atoms with van der Waals surface area (Å²) in [6.07, 6.45) is 7.17. The van der Waals surface area contributed by atoms with Crippen LogP contribution in [-0.4, -0.2) is 29.9 Å². The summed E-state index contributed by atoms with van der Waals surface area (Å²) in [5.41, 5.74) is 0.814. The molecule has 1 atom stereocenters. The van der Waals surface area contributed by atoms with Crippen molar-refractivity contribution in [3.8, 4) is 17.1 Å². The van der Waals surface area contributed by atoms with Gasteiger partial charge in [-0.2, -0.15) is 0 Å². The number of aromatic nitrogens is 2. The van der Waals surface area contributed by atoms with E-state index in [1.54, 1.807) is 19.4 Å². The summed E-state index contributed by atoms with van der Waals surface area (Å²) in [6.45, 7) is 2.62. The van der Waals surface area contributed by atoms with Crippen LogP contribution in [0.1, 0.15) is 19.3 Å². The van der Waals surface area contributed by atoms with E-state index >= 15 is 0 Å². The fraction of sp³-hybridized carbons (Fsp3) is 0.471. The Bertz CT molecular complexity index is 621. The Hall–Kier alpha value is -1.88. The minimum absolute atomic E-state index is 0.307. The molecule has 2 heterocycles. The Morgan fingerprint density at radius 2 is 2.36 bits per heavy atom. The molecule has 1 aliphatic heterocycles. The van der Waals surface area contributed by atoms with Crippen LogP contribution in [0.4, 0.5) is 4.39 Å². The monoisotopic (exact) mass is 304 g/mol. The largest absolute Gasteiger partial charge is 0.496 e. The van der Waals surface area contributed by atoms with Crippen LogP contribution in [0.5, 0.6) is 5.75 Å². The van der Waals surface area contributed by atoms with E-state index in [0.717, 1.165) is 44.0 Å². The second-order valence-corrected chi connectivity index (χ2v) is 5.66. The third-order valence-corrected chi connectivity index (χ3v) is 4.15. The van der Waals surface area contributed by atoms with Crippen molar-refractivity contribution < 1.29 is 13.9 Å². The summed E-state index contributed by atoms with van der Waals surface area (Å²) >= 11 is 0. The van der Waals surface area contributed by atoms with E-state index in [0.29, 0.717) is 11.7 Å². The van der Waals surface area contributed by atoms with Gasteiger partial charge in [0.05, 0.1) is 12.7 Å². The second-order valence-electron chi connectivity index (χ2n) is 5.66. The Labute approximate surface area is 129 Å². The van der Waals surface area contributed by atoms with Crippen LogP contribution in [0, 0.1) is 11.7 Å². The first-order chi connectivity index (χ1) is 10.8. The summed E-state index contributed by atoms with van der Waals surface area (Å²) < 4.78 is 26.3. The Morgan fingerprint density at radius 1 is 1.45 bits per heavy atom. The van der Waals surface area contributed by atoms with Crippen molar-refractivity contribution in [3.05, 3.63) is 36.4 Å². The maximum atomic E-state index is 13.3. The molecule has 1 saturated heterocycles. The molecule has 4 nitrogen and oxygen atoms in total. The number of methoxy groups -OCH3 is 1. The number of hydrogen-bond acceptors (Lipinski definition) is 3. The lowest BCUT2D eigenvalue weighted by Gasteiger charge is -2.22. The zero-order chi connectivity index (χ0) is 15.4. The van der Waals surface area contributed by atoms with Gasteiger partial charge in [0.2, 0.25) is 0 Å². The molecule has 0 amide bonds. The van der Waals surface area contributed by atoms with Crippen molar-refractivity contribution >= 4 is 0 Å². The van der Waals surface area contributed by atoms with Crippen molar-refractivity contribution in [2.24, 2.45) is 5.92 Å². The number of aryl methyl sites for hydroxylation is 1. The first-order valence-corrected chi connectivity index (χ1v) is 7.70. The molecule has 118 valence electrons. The van der Waals surface area contributed by atoms with Gasteiger partial charge in [-0.05, 0) is 37.3 Å². The molecule has 0 radical (unpaired) electrons. The van der Waals surface area contributed by atoms with E-state index in [4.69, 9.17) is 9.47 Å². The summed E-state index contributed by atoms with van der Waals surface area (Å²) in [6, 6.07) is 4.55. The zero-order valence-corrected chi connectivity index (χ0v) is 12.8. The highest BCUT2D eigenvalue weighted by atomic mass is 19.1. The fourth-order valence-electron chi connectivity index (χ4n) is 2.94. The smallest absolute Gasteiger partial charge is 0.143 e. The van der Waals surface area contributed by atoms with Gasteiger partial charge < -0.3 is 14.0 Å². The number of benzene rings is 1. The van der Waals surface area contributed by atoms with Crippen LogP contribution in [0.15, 0.2) is 30.6 Å². The quantitative estimate of drug-likeness (QED) is 0.848. The third-order valence-electron chi connectivity index (χ3n) is 4.15. The number of rotatable bonds is 5. The van der Waals surface area contributed by atoms with Crippen LogP contribution in [0.2, 0.25) is 0 Å². The zero-order valence-electron chi connectivity index (χ0n) is 12.8. The van der Waals surface area contributed by atoms with Gasteiger partial charge in [-0.1, -0.05) is 0 Å². The highest BCUT2D eigenvalue weighted by molar-refractivity contribution is 5.64. The molecule has 3 rings (SSSR count). The summed E-state index contributed by atoms with van der Waals surface area (Å²) in [7, 11) is 1.55. The molecule has 5 heteroatoms. The third kappa shape index (κ3) is 3.30. The van der Waals surface area contributed by atoms with Crippen LogP contribution in [0.3, 0.4) is 0 Å². The van der Waals surface area contributed by atoms with E-state index in [2.05, 4.69) is 9.55 Å². The predicted octanol–water partition coefficient (Wildman–Crippen LogP) is 3.51. The number of halogens is 1. The first-order valence-electron chi connectivity index (χ1n) is 7.70. The Kier molecular flexibility index (Phi) is 4.73. The lowest BCUT2D eigenvalue weighted by molar-refractivity contribution is 0.0501.